The van der Waals surface area contributed by atoms with E-state index in [1.165, 1.54) is 37.8 Å². The van der Waals surface area contributed by atoms with Gasteiger partial charge in [-0.3, -0.25) is 0 Å². The highest BCUT2D eigenvalue weighted by molar-refractivity contribution is 6.58. The standard InChI is InChI=1S/C12H27Si/c1-5-9-10-12(6-2)11-13(7-3)8-4/h12H,5-11H2,1-4H3. The molecular weight excluding hydrogens is 172 g/mol. The van der Waals surface area contributed by atoms with Crippen molar-refractivity contribution < 1.29 is 0 Å². The monoisotopic (exact) mass is 199 g/mol. The van der Waals surface area contributed by atoms with Gasteiger partial charge in [0, 0.05) is 8.80 Å². The van der Waals surface area contributed by atoms with Gasteiger partial charge in [0.05, 0.1) is 0 Å². The molecule has 0 aromatic rings. The van der Waals surface area contributed by atoms with E-state index in [4.69, 9.17) is 0 Å². The van der Waals surface area contributed by atoms with E-state index in [2.05, 4.69) is 27.7 Å². The van der Waals surface area contributed by atoms with E-state index in [0.717, 1.165) is 5.92 Å². The average Bonchev–Trinajstić information content (AvgIpc) is 2.19. The lowest BCUT2D eigenvalue weighted by Crippen LogP contribution is -2.14. The Kier molecular flexibility index (Phi) is 8.95. The van der Waals surface area contributed by atoms with E-state index in [1.54, 1.807) is 6.04 Å². The third-order valence-electron chi connectivity index (χ3n) is 3.12. The average molecular weight is 199 g/mol. The van der Waals surface area contributed by atoms with E-state index in [1.807, 2.05) is 0 Å². The molecule has 1 heteroatoms. The number of rotatable bonds is 8. The van der Waals surface area contributed by atoms with E-state index in [0.29, 0.717) is 0 Å². The van der Waals surface area contributed by atoms with Crippen LogP contribution in [0.25, 0.3) is 0 Å². The highest BCUT2D eigenvalue weighted by Crippen LogP contribution is 2.21. The number of unbranched alkanes of at least 4 members (excludes halogenated alkanes) is 1. The van der Waals surface area contributed by atoms with Crippen molar-refractivity contribution in [2.75, 3.05) is 0 Å². The molecule has 0 aliphatic carbocycles. The smallest absolute Gasteiger partial charge is 0.0476 e. The second-order valence-electron chi connectivity index (χ2n) is 4.08. The second-order valence-corrected chi connectivity index (χ2v) is 7.40. The summed E-state index contributed by atoms with van der Waals surface area (Å²) in [5.74, 6) is 1.05. The molecule has 0 saturated heterocycles. The van der Waals surface area contributed by atoms with Crippen LogP contribution in [0, 0.1) is 5.92 Å². The van der Waals surface area contributed by atoms with Crippen LogP contribution in [0.15, 0.2) is 0 Å². The minimum atomic E-state index is 0.0359. The Morgan fingerprint density at radius 1 is 1.00 bits per heavy atom. The van der Waals surface area contributed by atoms with Crippen molar-refractivity contribution in [3.8, 4) is 0 Å². The van der Waals surface area contributed by atoms with E-state index in [-0.39, 0.29) is 8.80 Å². The van der Waals surface area contributed by atoms with Gasteiger partial charge in [-0.2, -0.15) is 0 Å². The van der Waals surface area contributed by atoms with E-state index >= 15 is 0 Å². The van der Waals surface area contributed by atoms with Crippen LogP contribution < -0.4 is 0 Å². The van der Waals surface area contributed by atoms with Gasteiger partial charge in [0.2, 0.25) is 0 Å². The first-order valence-electron chi connectivity index (χ1n) is 6.11. The summed E-state index contributed by atoms with van der Waals surface area (Å²) in [6.45, 7) is 9.43. The van der Waals surface area contributed by atoms with Crippen LogP contribution >= 0.6 is 0 Å². The number of hydrogen-bond donors (Lipinski definition) is 0. The van der Waals surface area contributed by atoms with Crippen LogP contribution in [0.1, 0.15) is 53.4 Å². The lowest BCUT2D eigenvalue weighted by atomic mass is 10.0. The van der Waals surface area contributed by atoms with Crippen molar-refractivity contribution in [3.63, 3.8) is 0 Å². The minimum Gasteiger partial charge on any atom is -0.0680 e. The maximum absolute atomic E-state index is 2.38. The minimum absolute atomic E-state index is 0.0359. The Morgan fingerprint density at radius 3 is 2.00 bits per heavy atom. The van der Waals surface area contributed by atoms with Crippen molar-refractivity contribution in [2.24, 2.45) is 5.92 Å². The molecule has 0 aromatic heterocycles. The zero-order chi connectivity index (χ0) is 10.1. The zero-order valence-electron chi connectivity index (χ0n) is 10.0. The molecule has 0 amide bonds. The fourth-order valence-corrected chi connectivity index (χ4v) is 4.28. The molecule has 0 fully saturated rings. The quantitative estimate of drug-likeness (QED) is 0.495. The van der Waals surface area contributed by atoms with Crippen molar-refractivity contribution in [1.29, 1.82) is 0 Å². The Labute approximate surface area is 86.7 Å². The first-order chi connectivity index (χ1) is 6.28. The molecule has 1 radical (unpaired) electrons. The molecule has 13 heavy (non-hydrogen) atoms. The molecule has 0 bridgehead atoms. The highest BCUT2D eigenvalue weighted by atomic mass is 28.3. The topological polar surface area (TPSA) is 0 Å². The molecule has 0 heterocycles. The summed E-state index contributed by atoms with van der Waals surface area (Å²) in [5, 5.41) is 0. The van der Waals surface area contributed by atoms with Crippen LogP contribution in [0.2, 0.25) is 18.1 Å². The lowest BCUT2D eigenvalue weighted by molar-refractivity contribution is 0.487. The normalized spacial score (nSPS) is 13.6. The summed E-state index contributed by atoms with van der Waals surface area (Å²) in [7, 11) is 0.0359. The fourth-order valence-electron chi connectivity index (χ4n) is 1.89. The molecule has 0 aliphatic heterocycles. The molecular formula is C12H27Si. The van der Waals surface area contributed by atoms with Gasteiger partial charge in [-0.1, -0.05) is 71.5 Å². The molecule has 79 valence electrons. The Balaban J connectivity index is 3.67. The van der Waals surface area contributed by atoms with E-state index in [9.17, 15) is 0 Å². The van der Waals surface area contributed by atoms with E-state index < -0.39 is 0 Å². The summed E-state index contributed by atoms with van der Waals surface area (Å²) in [6.07, 6.45) is 5.72. The van der Waals surface area contributed by atoms with Gasteiger partial charge in [0.1, 0.15) is 0 Å². The molecule has 0 N–H and O–H groups in total. The summed E-state index contributed by atoms with van der Waals surface area (Å²) in [5.41, 5.74) is 0. The molecule has 0 aliphatic rings. The van der Waals surface area contributed by atoms with Gasteiger partial charge < -0.3 is 0 Å². The van der Waals surface area contributed by atoms with Crippen molar-refractivity contribution >= 4 is 8.80 Å². The van der Waals surface area contributed by atoms with Gasteiger partial charge >= 0.3 is 0 Å². The molecule has 1 unspecified atom stereocenters. The maximum atomic E-state index is 2.38. The molecule has 0 saturated carbocycles. The summed E-state index contributed by atoms with van der Waals surface area (Å²) < 4.78 is 0. The zero-order valence-corrected chi connectivity index (χ0v) is 11.0. The molecule has 0 nitrogen and oxygen atoms in total. The van der Waals surface area contributed by atoms with Crippen LogP contribution in [0.3, 0.4) is 0 Å². The third kappa shape index (κ3) is 6.31. The highest BCUT2D eigenvalue weighted by Gasteiger charge is 2.13. The van der Waals surface area contributed by atoms with Crippen molar-refractivity contribution in [2.45, 2.75) is 71.5 Å². The Morgan fingerprint density at radius 2 is 1.62 bits per heavy atom. The third-order valence-corrected chi connectivity index (χ3v) is 6.28. The second kappa shape index (κ2) is 8.80. The summed E-state index contributed by atoms with van der Waals surface area (Å²) in [4.78, 5) is 0. The Bertz CT molecular complexity index is 97.3. The van der Waals surface area contributed by atoms with Gasteiger partial charge in [-0.05, 0) is 5.92 Å². The van der Waals surface area contributed by atoms with Crippen LogP contribution in [0.5, 0.6) is 0 Å². The first-order valence-corrected chi connectivity index (χ1v) is 8.24. The van der Waals surface area contributed by atoms with Gasteiger partial charge in [-0.15, -0.1) is 0 Å². The van der Waals surface area contributed by atoms with Gasteiger partial charge in [0.15, 0.2) is 0 Å². The lowest BCUT2D eigenvalue weighted by Gasteiger charge is -2.19. The van der Waals surface area contributed by atoms with Gasteiger partial charge in [-0.25, -0.2) is 0 Å². The predicted octanol–water partition coefficient (Wildman–Crippen LogP) is 4.74. The van der Waals surface area contributed by atoms with Crippen molar-refractivity contribution in [1.82, 2.24) is 0 Å². The predicted molar refractivity (Wildman–Crippen MR) is 64.8 cm³/mol. The van der Waals surface area contributed by atoms with Crippen LogP contribution in [0.4, 0.5) is 0 Å². The first kappa shape index (κ1) is 13.2. The molecule has 0 spiro atoms. The molecule has 0 rings (SSSR count). The van der Waals surface area contributed by atoms with Crippen molar-refractivity contribution in [3.05, 3.63) is 0 Å². The van der Waals surface area contributed by atoms with Gasteiger partial charge in [0.25, 0.3) is 0 Å². The van der Waals surface area contributed by atoms with Crippen LogP contribution in [-0.4, -0.2) is 8.80 Å². The summed E-state index contributed by atoms with van der Waals surface area (Å²) >= 11 is 0. The fraction of sp³-hybridized carbons (Fsp3) is 1.00. The molecule has 1 atom stereocenters. The Hall–Kier alpha value is 0.217. The SMILES string of the molecule is CCCCC(CC)C[Si](CC)CC. The maximum Gasteiger partial charge on any atom is 0.0476 e. The molecule has 0 aromatic carbocycles. The summed E-state index contributed by atoms with van der Waals surface area (Å²) in [6, 6.07) is 4.53. The van der Waals surface area contributed by atoms with Crippen LogP contribution in [-0.2, 0) is 0 Å². The largest absolute Gasteiger partial charge is 0.0680 e. The number of hydrogen-bond acceptors (Lipinski definition) is 0.